The Morgan fingerprint density at radius 2 is 2.12 bits per heavy atom. The molecule has 0 aromatic rings. The number of ether oxygens (including phenoxy) is 1. The van der Waals surface area contributed by atoms with E-state index in [1.807, 2.05) is 0 Å². The summed E-state index contributed by atoms with van der Waals surface area (Å²) in [5.41, 5.74) is 6.13. The SMILES string of the molecule is CCC1CN(C(C)CC(C)(C)OC)CCC1N. The summed E-state index contributed by atoms with van der Waals surface area (Å²) in [7, 11) is 1.80. The molecule has 3 nitrogen and oxygen atoms in total. The van der Waals surface area contributed by atoms with Crippen LogP contribution in [0.15, 0.2) is 0 Å². The highest BCUT2D eigenvalue weighted by molar-refractivity contribution is 4.86. The highest BCUT2D eigenvalue weighted by Crippen LogP contribution is 2.24. The van der Waals surface area contributed by atoms with Gasteiger partial charge in [-0.2, -0.15) is 0 Å². The third-order valence-corrected chi connectivity index (χ3v) is 4.31. The van der Waals surface area contributed by atoms with Crippen LogP contribution in [0.25, 0.3) is 0 Å². The smallest absolute Gasteiger partial charge is 0.0637 e. The molecule has 0 spiro atoms. The molecule has 0 saturated carbocycles. The molecule has 0 bridgehead atoms. The second-order valence-electron chi connectivity index (χ2n) is 6.13. The molecular formula is C14H30N2O. The van der Waals surface area contributed by atoms with E-state index in [0.29, 0.717) is 18.0 Å². The van der Waals surface area contributed by atoms with Gasteiger partial charge < -0.3 is 15.4 Å². The largest absolute Gasteiger partial charge is 0.379 e. The summed E-state index contributed by atoms with van der Waals surface area (Å²) in [5, 5.41) is 0. The molecule has 1 saturated heterocycles. The molecule has 1 fully saturated rings. The van der Waals surface area contributed by atoms with Crippen LogP contribution in [0.3, 0.4) is 0 Å². The van der Waals surface area contributed by atoms with Gasteiger partial charge in [0.1, 0.15) is 0 Å². The lowest BCUT2D eigenvalue weighted by Crippen LogP contribution is -2.51. The topological polar surface area (TPSA) is 38.5 Å². The van der Waals surface area contributed by atoms with Gasteiger partial charge in [-0.15, -0.1) is 0 Å². The maximum Gasteiger partial charge on any atom is 0.0637 e. The highest BCUT2D eigenvalue weighted by Gasteiger charge is 2.30. The molecule has 0 aliphatic carbocycles. The standard InChI is InChI=1S/C14H30N2O/c1-6-12-10-16(8-7-13(12)15)11(2)9-14(3,4)17-5/h11-13H,6-10,15H2,1-5H3. The first kappa shape index (κ1) is 14.9. The Morgan fingerprint density at radius 1 is 1.47 bits per heavy atom. The van der Waals surface area contributed by atoms with Gasteiger partial charge in [-0.25, -0.2) is 0 Å². The van der Waals surface area contributed by atoms with E-state index in [1.165, 1.54) is 6.42 Å². The Hall–Kier alpha value is -0.120. The first-order valence-electron chi connectivity index (χ1n) is 6.94. The van der Waals surface area contributed by atoms with Gasteiger partial charge in [0.05, 0.1) is 5.60 Å². The van der Waals surface area contributed by atoms with Crippen molar-refractivity contribution in [3.8, 4) is 0 Å². The van der Waals surface area contributed by atoms with Gasteiger partial charge in [-0.1, -0.05) is 13.3 Å². The van der Waals surface area contributed by atoms with Crippen LogP contribution in [0, 0.1) is 5.92 Å². The van der Waals surface area contributed by atoms with Crippen molar-refractivity contribution >= 4 is 0 Å². The molecule has 0 amide bonds. The Kier molecular flexibility index (Phi) is 5.42. The van der Waals surface area contributed by atoms with Crippen LogP contribution in [0.1, 0.15) is 47.0 Å². The summed E-state index contributed by atoms with van der Waals surface area (Å²) in [5.74, 6) is 0.664. The zero-order chi connectivity index (χ0) is 13.1. The molecular weight excluding hydrogens is 212 g/mol. The van der Waals surface area contributed by atoms with E-state index in [-0.39, 0.29) is 5.60 Å². The lowest BCUT2D eigenvalue weighted by molar-refractivity contribution is -0.0131. The molecule has 0 radical (unpaired) electrons. The van der Waals surface area contributed by atoms with Crippen molar-refractivity contribution in [1.82, 2.24) is 4.90 Å². The lowest BCUT2D eigenvalue weighted by Gasteiger charge is -2.41. The second kappa shape index (κ2) is 6.17. The van der Waals surface area contributed by atoms with E-state index in [9.17, 15) is 0 Å². The van der Waals surface area contributed by atoms with Crippen molar-refractivity contribution in [2.24, 2.45) is 11.7 Å². The molecule has 17 heavy (non-hydrogen) atoms. The molecule has 1 heterocycles. The van der Waals surface area contributed by atoms with Crippen LogP contribution in [-0.4, -0.2) is 42.8 Å². The predicted octanol–water partition coefficient (Wildman–Crippen LogP) is 2.25. The number of nitrogens with two attached hydrogens (primary N) is 1. The van der Waals surface area contributed by atoms with Gasteiger partial charge in [0.2, 0.25) is 0 Å². The Bertz CT molecular complexity index is 230. The van der Waals surface area contributed by atoms with Crippen LogP contribution in [0.5, 0.6) is 0 Å². The fraction of sp³-hybridized carbons (Fsp3) is 1.00. The molecule has 1 aliphatic heterocycles. The third-order valence-electron chi connectivity index (χ3n) is 4.31. The summed E-state index contributed by atoms with van der Waals surface area (Å²) >= 11 is 0. The summed E-state index contributed by atoms with van der Waals surface area (Å²) in [6.45, 7) is 11.2. The molecule has 1 rings (SSSR count). The van der Waals surface area contributed by atoms with Crippen molar-refractivity contribution in [2.45, 2.75) is 64.6 Å². The van der Waals surface area contributed by atoms with Crippen LogP contribution in [0.2, 0.25) is 0 Å². The van der Waals surface area contributed by atoms with Gasteiger partial charge in [-0.05, 0) is 46.1 Å². The second-order valence-corrected chi connectivity index (χ2v) is 6.13. The summed E-state index contributed by atoms with van der Waals surface area (Å²) in [6, 6.07) is 0.977. The average molecular weight is 242 g/mol. The van der Waals surface area contributed by atoms with Crippen molar-refractivity contribution in [3.05, 3.63) is 0 Å². The van der Waals surface area contributed by atoms with Gasteiger partial charge >= 0.3 is 0 Å². The van der Waals surface area contributed by atoms with Crippen molar-refractivity contribution in [3.63, 3.8) is 0 Å². The molecule has 102 valence electrons. The minimum absolute atomic E-state index is 0.0271. The average Bonchev–Trinajstić information content (AvgIpc) is 2.29. The van der Waals surface area contributed by atoms with E-state index >= 15 is 0 Å². The van der Waals surface area contributed by atoms with Crippen LogP contribution >= 0.6 is 0 Å². The monoisotopic (exact) mass is 242 g/mol. The van der Waals surface area contributed by atoms with E-state index in [0.717, 1.165) is 25.9 Å². The molecule has 2 N–H and O–H groups in total. The molecule has 3 heteroatoms. The molecule has 1 aliphatic rings. The van der Waals surface area contributed by atoms with E-state index in [2.05, 4.69) is 32.6 Å². The Morgan fingerprint density at radius 3 is 2.65 bits per heavy atom. The van der Waals surface area contributed by atoms with Crippen LogP contribution in [-0.2, 0) is 4.74 Å². The van der Waals surface area contributed by atoms with E-state index < -0.39 is 0 Å². The molecule has 0 aromatic carbocycles. The normalized spacial score (nSPS) is 29.3. The summed E-state index contributed by atoms with van der Waals surface area (Å²) in [4.78, 5) is 2.58. The maximum absolute atomic E-state index is 6.15. The van der Waals surface area contributed by atoms with Crippen molar-refractivity contribution in [1.29, 1.82) is 0 Å². The van der Waals surface area contributed by atoms with E-state index in [1.54, 1.807) is 7.11 Å². The van der Waals surface area contributed by atoms with Gasteiger partial charge in [0.25, 0.3) is 0 Å². The Labute approximate surface area is 107 Å². The van der Waals surface area contributed by atoms with Crippen LogP contribution in [0.4, 0.5) is 0 Å². The first-order chi connectivity index (χ1) is 7.89. The van der Waals surface area contributed by atoms with Gasteiger partial charge in [-0.3, -0.25) is 0 Å². The van der Waals surface area contributed by atoms with Crippen LogP contribution < -0.4 is 5.73 Å². The maximum atomic E-state index is 6.15. The van der Waals surface area contributed by atoms with Crippen molar-refractivity contribution in [2.75, 3.05) is 20.2 Å². The fourth-order valence-corrected chi connectivity index (χ4v) is 2.83. The number of piperidine rings is 1. The summed E-state index contributed by atoms with van der Waals surface area (Å²) < 4.78 is 5.52. The minimum atomic E-state index is -0.0271. The number of nitrogens with zero attached hydrogens (tertiary/aromatic N) is 1. The predicted molar refractivity (Wildman–Crippen MR) is 73.1 cm³/mol. The number of hydrogen-bond donors (Lipinski definition) is 1. The third kappa shape index (κ3) is 4.23. The number of hydrogen-bond acceptors (Lipinski definition) is 3. The quantitative estimate of drug-likeness (QED) is 0.803. The summed E-state index contributed by atoms with van der Waals surface area (Å²) in [6.07, 6.45) is 3.41. The number of methoxy groups -OCH3 is 1. The number of rotatable bonds is 5. The van der Waals surface area contributed by atoms with Gasteiger partial charge in [0, 0.05) is 25.7 Å². The minimum Gasteiger partial charge on any atom is -0.379 e. The molecule has 0 aromatic heterocycles. The molecule has 3 atom stereocenters. The first-order valence-corrected chi connectivity index (χ1v) is 6.94. The molecule has 3 unspecified atom stereocenters. The van der Waals surface area contributed by atoms with Crippen molar-refractivity contribution < 1.29 is 4.74 Å². The highest BCUT2D eigenvalue weighted by atomic mass is 16.5. The fourth-order valence-electron chi connectivity index (χ4n) is 2.83. The van der Waals surface area contributed by atoms with E-state index in [4.69, 9.17) is 10.5 Å². The zero-order valence-corrected chi connectivity index (χ0v) is 12.2. The van der Waals surface area contributed by atoms with Gasteiger partial charge in [0.15, 0.2) is 0 Å². The lowest BCUT2D eigenvalue weighted by atomic mass is 9.88. The number of likely N-dealkylation sites (tertiary alicyclic amines) is 1. The zero-order valence-electron chi connectivity index (χ0n) is 12.2. The Balaban J connectivity index is 2.50.